The number of hydrogen-bond donors (Lipinski definition) is 1. The van der Waals surface area contributed by atoms with Crippen LogP contribution in [-0.2, 0) is 19.1 Å². The summed E-state index contributed by atoms with van der Waals surface area (Å²) < 4.78 is 5.11. The van der Waals surface area contributed by atoms with Crippen LogP contribution in [0.4, 0.5) is 0 Å². The first-order valence-corrected chi connectivity index (χ1v) is 6.03. The van der Waals surface area contributed by atoms with Gasteiger partial charge in [-0.2, -0.15) is 0 Å². The third-order valence-corrected chi connectivity index (χ3v) is 4.63. The molecular weight excluding hydrogens is 238 g/mol. The van der Waals surface area contributed by atoms with Crippen LogP contribution in [-0.4, -0.2) is 46.5 Å². The third kappa shape index (κ3) is 1.09. The van der Waals surface area contributed by atoms with Gasteiger partial charge in [0.1, 0.15) is 0 Å². The number of hydrogen-bond acceptors (Lipinski definition) is 4. The summed E-state index contributed by atoms with van der Waals surface area (Å²) in [6.45, 7) is 3.91. The second-order valence-electron chi connectivity index (χ2n) is 5.93. The second kappa shape index (κ2) is 3.12. The SMILES string of the molecule is CC1(C)C2C(=O)N(C3(C(=O)O)CCOC3)C(=O)C21. The van der Waals surface area contributed by atoms with Gasteiger partial charge in [-0.25, -0.2) is 4.79 Å². The van der Waals surface area contributed by atoms with Crippen LogP contribution in [0.2, 0.25) is 0 Å². The summed E-state index contributed by atoms with van der Waals surface area (Å²) in [4.78, 5) is 36.9. The van der Waals surface area contributed by atoms with E-state index < -0.39 is 11.5 Å². The maximum Gasteiger partial charge on any atom is 0.332 e. The van der Waals surface area contributed by atoms with Gasteiger partial charge in [-0.05, 0) is 5.41 Å². The van der Waals surface area contributed by atoms with Gasteiger partial charge in [0.15, 0.2) is 5.54 Å². The van der Waals surface area contributed by atoms with Gasteiger partial charge in [-0.15, -0.1) is 0 Å². The van der Waals surface area contributed by atoms with Gasteiger partial charge in [0.25, 0.3) is 0 Å². The topological polar surface area (TPSA) is 83.9 Å². The number of nitrogens with zero attached hydrogens (tertiary/aromatic N) is 1. The van der Waals surface area contributed by atoms with E-state index in [1.165, 1.54) is 0 Å². The largest absolute Gasteiger partial charge is 0.479 e. The lowest BCUT2D eigenvalue weighted by atomic mass is 9.94. The third-order valence-electron chi connectivity index (χ3n) is 4.63. The molecule has 98 valence electrons. The van der Waals surface area contributed by atoms with Crippen molar-refractivity contribution in [2.75, 3.05) is 13.2 Å². The molecule has 6 heteroatoms. The Morgan fingerprint density at radius 1 is 1.33 bits per heavy atom. The fourth-order valence-corrected chi connectivity index (χ4v) is 3.36. The van der Waals surface area contributed by atoms with Crippen LogP contribution in [0.1, 0.15) is 20.3 Å². The summed E-state index contributed by atoms with van der Waals surface area (Å²) in [5.74, 6) is -2.53. The Kier molecular flexibility index (Phi) is 2.02. The predicted molar refractivity (Wildman–Crippen MR) is 58.4 cm³/mol. The zero-order chi connectivity index (χ0) is 13.3. The van der Waals surface area contributed by atoms with E-state index in [4.69, 9.17) is 4.74 Å². The number of carboxylic acid groups (broad SMARTS) is 1. The summed E-state index contributed by atoms with van der Waals surface area (Å²) in [6, 6.07) is 0. The minimum Gasteiger partial charge on any atom is -0.479 e. The molecule has 3 fully saturated rings. The highest BCUT2D eigenvalue weighted by Crippen LogP contribution is 2.64. The molecule has 3 aliphatic rings. The van der Waals surface area contributed by atoms with Crippen molar-refractivity contribution in [1.29, 1.82) is 0 Å². The van der Waals surface area contributed by atoms with Gasteiger partial charge in [-0.3, -0.25) is 14.5 Å². The lowest BCUT2D eigenvalue weighted by Crippen LogP contribution is -2.59. The van der Waals surface area contributed by atoms with Crippen molar-refractivity contribution in [2.45, 2.75) is 25.8 Å². The Labute approximate surface area is 104 Å². The first-order valence-electron chi connectivity index (χ1n) is 6.03. The molecule has 0 spiro atoms. The molecule has 2 aliphatic heterocycles. The Bertz CT molecular complexity index is 439. The van der Waals surface area contributed by atoms with E-state index in [1.807, 2.05) is 13.8 Å². The lowest BCUT2D eigenvalue weighted by molar-refractivity contribution is -0.165. The number of fused-ring (bicyclic) bond motifs is 1. The number of carbonyl (C=O) groups is 3. The Morgan fingerprint density at radius 3 is 2.28 bits per heavy atom. The molecule has 1 N–H and O–H groups in total. The van der Waals surface area contributed by atoms with Crippen LogP contribution in [0.3, 0.4) is 0 Å². The van der Waals surface area contributed by atoms with E-state index in [9.17, 15) is 19.5 Å². The molecule has 2 saturated heterocycles. The molecule has 0 aromatic carbocycles. The predicted octanol–water partition coefficient (Wildman–Crippen LogP) is -0.129. The van der Waals surface area contributed by atoms with E-state index in [0.29, 0.717) is 0 Å². The van der Waals surface area contributed by atoms with Crippen LogP contribution in [0.5, 0.6) is 0 Å². The average Bonchev–Trinajstić information content (AvgIpc) is 2.66. The molecule has 6 nitrogen and oxygen atoms in total. The van der Waals surface area contributed by atoms with Crippen molar-refractivity contribution in [3.05, 3.63) is 0 Å². The maximum atomic E-state index is 12.3. The summed E-state index contributed by atoms with van der Waals surface area (Å²) in [6.07, 6.45) is 0.180. The molecule has 2 heterocycles. The van der Waals surface area contributed by atoms with Crippen LogP contribution < -0.4 is 0 Å². The van der Waals surface area contributed by atoms with E-state index in [2.05, 4.69) is 0 Å². The highest BCUT2D eigenvalue weighted by molar-refractivity contribution is 6.13. The Morgan fingerprint density at radius 2 is 1.89 bits per heavy atom. The van der Waals surface area contributed by atoms with E-state index in [-0.39, 0.29) is 48.7 Å². The van der Waals surface area contributed by atoms with Gasteiger partial charge < -0.3 is 9.84 Å². The molecule has 1 aliphatic carbocycles. The molecule has 2 amide bonds. The first kappa shape index (κ1) is 11.6. The molecular formula is C12H15NO5. The van der Waals surface area contributed by atoms with Crippen LogP contribution in [0.25, 0.3) is 0 Å². The van der Waals surface area contributed by atoms with Gasteiger partial charge >= 0.3 is 5.97 Å². The summed E-state index contributed by atoms with van der Waals surface area (Å²) in [5, 5.41) is 9.36. The van der Waals surface area contributed by atoms with E-state index >= 15 is 0 Å². The molecule has 18 heavy (non-hydrogen) atoms. The molecule has 3 atom stereocenters. The molecule has 0 radical (unpaired) electrons. The number of amides is 2. The maximum absolute atomic E-state index is 12.3. The zero-order valence-electron chi connectivity index (χ0n) is 10.3. The molecule has 3 rings (SSSR count). The van der Waals surface area contributed by atoms with Crippen molar-refractivity contribution in [3.63, 3.8) is 0 Å². The summed E-state index contributed by atoms with van der Waals surface area (Å²) in [5.41, 5.74) is -1.79. The number of imide groups is 1. The average molecular weight is 253 g/mol. The number of carbonyl (C=O) groups excluding carboxylic acids is 2. The summed E-state index contributed by atoms with van der Waals surface area (Å²) in [7, 11) is 0. The van der Waals surface area contributed by atoms with Crippen LogP contribution >= 0.6 is 0 Å². The smallest absolute Gasteiger partial charge is 0.332 e. The number of likely N-dealkylation sites (tertiary alicyclic amines) is 1. The molecule has 0 bridgehead atoms. The van der Waals surface area contributed by atoms with Gasteiger partial charge in [0.2, 0.25) is 11.8 Å². The van der Waals surface area contributed by atoms with Gasteiger partial charge in [0, 0.05) is 13.0 Å². The Balaban J connectivity index is 1.97. The number of piperidine rings is 1. The summed E-state index contributed by atoms with van der Waals surface area (Å²) >= 11 is 0. The standard InChI is InChI=1S/C12H15NO5/c1-11(2)6-7(11)9(15)13(8(6)14)12(10(16)17)3-4-18-5-12/h6-7H,3-5H2,1-2H3,(H,16,17). The number of carboxylic acids is 1. The van der Waals surface area contributed by atoms with Crippen molar-refractivity contribution in [3.8, 4) is 0 Å². The fraction of sp³-hybridized carbons (Fsp3) is 0.750. The van der Waals surface area contributed by atoms with Crippen molar-refractivity contribution < 1.29 is 24.2 Å². The lowest BCUT2D eigenvalue weighted by Gasteiger charge is -2.34. The minimum absolute atomic E-state index is 0.0975. The molecule has 0 aromatic heterocycles. The van der Waals surface area contributed by atoms with E-state index in [1.54, 1.807) is 0 Å². The quantitative estimate of drug-likeness (QED) is 0.693. The highest BCUT2D eigenvalue weighted by Gasteiger charge is 2.75. The molecule has 1 saturated carbocycles. The second-order valence-corrected chi connectivity index (χ2v) is 5.93. The zero-order valence-corrected chi connectivity index (χ0v) is 10.3. The Hall–Kier alpha value is -1.43. The normalized spacial score (nSPS) is 41.1. The molecule has 0 aromatic rings. The van der Waals surface area contributed by atoms with Crippen molar-refractivity contribution >= 4 is 17.8 Å². The fourth-order valence-electron chi connectivity index (χ4n) is 3.36. The monoisotopic (exact) mass is 253 g/mol. The number of rotatable bonds is 2. The minimum atomic E-state index is -1.47. The van der Waals surface area contributed by atoms with E-state index in [0.717, 1.165) is 4.90 Å². The van der Waals surface area contributed by atoms with Crippen LogP contribution in [0.15, 0.2) is 0 Å². The number of aliphatic carboxylic acids is 1. The first-order chi connectivity index (χ1) is 8.34. The molecule has 3 unspecified atom stereocenters. The highest BCUT2D eigenvalue weighted by atomic mass is 16.5. The van der Waals surface area contributed by atoms with Crippen molar-refractivity contribution in [2.24, 2.45) is 17.3 Å². The van der Waals surface area contributed by atoms with Crippen LogP contribution in [0, 0.1) is 17.3 Å². The number of ether oxygens (including phenoxy) is 1. The van der Waals surface area contributed by atoms with Gasteiger partial charge in [0.05, 0.1) is 18.4 Å². The van der Waals surface area contributed by atoms with Gasteiger partial charge in [-0.1, -0.05) is 13.8 Å². The van der Waals surface area contributed by atoms with Crippen molar-refractivity contribution in [1.82, 2.24) is 4.90 Å².